The van der Waals surface area contributed by atoms with Gasteiger partial charge in [0.25, 0.3) is 0 Å². The largest absolute Gasteiger partial charge is 0.468 e. The third-order valence-electron chi connectivity index (χ3n) is 3.18. The van der Waals surface area contributed by atoms with Crippen molar-refractivity contribution in [1.82, 2.24) is 4.98 Å². The standard InChI is InChI=1S/C14H16F3NO3/c1-2-20-12(19)11-10(8-9-6-4-3-5-7-9)18-13(21-11)14(15,16)17/h6H,2-5,7-8H2,1H3. The lowest BCUT2D eigenvalue weighted by atomic mass is 9.96. The molecule has 21 heavy (non-hydrogen) atoms. The Morgan fingerprint density at radius 3 is 2.76 bits per heavy atom. The Morgan fingerprint density at radius 2 is 2.19 bits per heavy atom. The summed E-state index contributed by atoms with van der Waals surface area (Å²) in [6, 6.07) is 0. The topological polar surface area (TPSA) is 52.3 Å². The van der Waals surface area contributed by atoms with E-state index in [1.807, 2.05) is 6.08 Å². The first kappa shape index (κ1) is 15.6. The van der Waals surface area contributed by atoms with Crippen molar-refractivity contribution < 1.29 is 27.1 Å². The number of carbonyl (C=O) groups is 1. The Kier molecular flexibility index (Phi) is 4.69. The van der Waals surface area contributed by atoms with Crippen molar-refractivity contribution in [3.05, 3.63) is 29.0 Å². The highest BCUT2D eigenvalue weighted by Crippen LogP contribution is 2.32. The van der Waals surface area contributed by atoms with E-state index in [0.29, 0.717) is 0 Å². The maximum atomic E-state index is 12.7. The molecule has 0 fully saturated rings. The number of aromatic nitrogens is 1. The second-order valence-corrected chi connectivity index (χ2v) is 4.80. The summed E-state index contributed by atoms with van der Waals surface area (Å²) in [5.41, 5.74) is 0.975. The average molecular weight is 303 g/mol. The number of rotatable bonds is 4. The second kappa shape index (κ2) is 6.32. The van der Waals surface area contributed by atoms with Crippen LogP contribution in [0.3, 0.4) is 0 Å². The van der Waals surface area contributed by atoms with E-state index in [1.54, 1.807) is 6.92 Å². The van der Waals surface area contributed by atoms with Crippen LogP contribution in [0.15, 0.2) is 16.1 Å². The predicted octanol–water partition coefficient (Wildman–Crippen LogP) is 3.91. The lowest BCUT2D eigenvalue weighted by Crippen LogP contribution is -2.08. The molecule has 0 unspecified atom stereocenters. The molecule has 7 heteroatoms. The van der Waals surface area contributed by atoms with Crippen LogP contribution in [-0.2, 0) is 17.3 Å². The zero-order valence-electron chi connectivity index (χ0n) is 11.6. The van der Waals surface area contributed by atoms with Crippen LogP contribution in [0.1, 0.15) is 54.7 Å². The number of nitrogens with zero attached hydrogens (tertiary/aromatic N) is 1. The Balaban J connectivity index is 2.30. The summed E-state index contributed by atoms with van der Waals surface area (Å²) in [6.45, 7) is 1.63. The van der Waals surface area contributed by atoms with E-state index in [9.17, 15) is 18.0 Å². The van der Waals surface area contributed by atoms with Gasteiger partial charge in [-0.2, -0.15) is 13.2 Å². The molecule has 0 saturated carbocycles. The summed E-state index contributed by atoms with van der Waals surface area (Å²) >= 11 is 0. The molecule has 1 aromatic heterocycles. The molecule has 1 aromatic rings. The summed E-state index contributed by atoms with van der Waals surface area (Å²) in [5.74, 6) is -2.76. The third-order valence-corrected chi connectivity index (χ3v) is 3.18. The van der Waals surface area contributed by atoms with Crippen LogP contribution in [0, 0.1) is 0 Å². The van der Waals surface area contributed by atoms with Crippen LogP contribution in [0.25, 0.3) is 0 Å². The molecular weight excluding hydrogens is 287 g/mol. The highest BCUT2D eigenvalue weighted by atomic mass is 19.4. The van der Waals surface area contributed by atoms with Crippen molar-refractivity contribution in [2.24, 2.45) is 0 Å². The Labute approximate surface area is 120 Å². The van der Waals surface area contributed by atoms with Crippen LogP contribution in [0.4, 0.5) is 13.2 Å². The van der Waals surface area contributed by atoms with Crippen molar-refractivity contribution in [3.63, 3.8) is 0 Å². The van der Waals surface area contributed by atoms with Crippen LogP contribution in [-0.4, -0.2) is 17.6 Å². The fourth-order valence-electron chi connectivity index (χ4n) is 2.23. The molecule has 1 aliphatic rings. The molecule has 4 nitrogen and oxygen atoms in total. The molecule has 2 rings (SSSR count). The van der Waals surface area contributed by atoms with Crippen molar-refractivity contribution >= 4 is 5.97 Å². The van der Waals surface area contributed by atoms with Crippen LogP contribution in [0.5, 0.6) is 0 Å². The monoisotopic (exact) mass is 303 g/mol. The van der Waals surface area contributed by atoms with Gasteiger partial charge >= 0.3 is 18.0 Å². The van der Waals surface area contributed by atoms with Gasteiger partial charge in [0.05, 0.1) is 12.3 Å². The lowest BCUT2D eigenvalue weighted by molar-refractivity contribution is -0.157. The first-order valence-electron chi connectivity index (χ1n) is 6.83. The van der Waals surface area contributed by atoms with Crippen LogP contribution in [0.2, 0.25) is 0 Å². The number of carbonyl (C=O) groups excluding carboxylic acids is 1. The number of esters is 1. The van der Waals surface area contributed by atoms with E-state index in [2.05, 4.69) is 9.40 Å². The SMILES string of the molecule is CCOC(=O)c1oc(C(F)(F)F)nc1CC1=CCCCC1. The Bertz CT molecular complexity index is 546. The second-order valence-electron chi connectivity index (χ2n) is 4.80. The molecule has 0 amide bonds. The number of oxazole rings is 1. The molecule has 0 saturated heterocycles. The zero-order chi connectivity index (χ0) is 15.5. The minimum Gasteiger partial charge on any atom is -0.460 e. The van der Waals surface area contributed by atoms with E-state index < -0.39 is 23.8 Å². The summed E-state index contributed by atoms with van der Waals surface area (Å²) in [6.07, 6.45) is 1.21. The molecule has 0 bridgehead atoms. The van der Waals surface area contributed by atoms with Gasteiger partial charge in [0, 0.05) is 6.42 Å². The third kappa shape index (κ3) is 3.86. The predicted molar refractivity (Wildman–Crippen MR) is 67.7 cm³/mol. The molecule has 0 aliphatic heterocycles. The quantitative estimate of drug-likeness (QED) is 0.625. The Morgan fingerprint density at radius 1 is 1.43 bits per heavy atom. The highest BCUT2D eigenvalue weighted by molar-refractivity contribution is 5.87. The summed E-state index contributed by atoms with van der Waals surface area (Å²) in [7, 11) is 0. The maximum Gasteiger partial charge on any atom is 0.468 e. The first-order valence-corrected chi connectivity index (χ1v) is 6.83. The van der Waals surface area contributed by atoms with E-state index in [-0.39, 0.29) is 18.7 Å². The molecule has 0 spiro atoms. The number of allylic oxidation sites excluding steroid dienone is 2. The Hall–Kier alpha value is -1.79. The molecular formula is C14H16F3NO3. The van der Waals surface area contributed by atoms with E-state index in [4.69, 9.17) is 4.74 Å². The normalized spacial score (nSPS) is 15.7. The van der Waals surface area contributed by atoms with Gasteiger partial charge in [0.1, 0.15) is 0 Å². The van der Waals surface area contributed by atoms with Gasteiger partial charge in [-0.05, 0) is 32.6 Å². The highest BCUT2D eigenvalue weighted by Gasteiger charge is 2.39. The van der Waals surface area contributed by atoms with Crippen LogP contribution >= 0.6 is 0 Å². The number of ether oxygens (including phenoxy) is 1. The molecule has 0 aromatic carbocycles. The van der Waals surface area contributed by atoms with Gasteiger partial charge < -0.3 is 9.15 Å². The summed E-state index contributed by atoms with van der Waals surface area (Å²) in [4.78, 5) is 15.2. The van der Waals surface area contributed by atoms with E-state index in [0.717, 1.165) is 31.3 Å². The molecule has 116 valence electrons. The van der Waals surface area contributed by atoms with Crippen molar-refractivity contribution in [2.75, 3.05) is 6.61 Å². The van der Waals surface area contributed by atoms with Crippen LogP contribution < -0.4 is 0 Å². The average Bonchev–Trinajstić information content (AvgIpc) is 2.84. The fourth-order valence-corrected chi connectivity index (χ4v) is 2.23. The number of halogens is 3. The zero-order valence-corrected chi connectivity index (χ0v) is 11.6. The first-order chi connectivity index (χ1) is 9.91. The van der Waals surface area contributed by atoms with E-state index in [1.165, 1.54) is 0 Å². The van der Waals surface area contributed by atoms with Gasteiger partial charge in [-0.15, -0.1) is 0 Å². The van der Waals surface area contributed by atoms with Gasteiger partial charge in [-0.1, -0.05) is 11.6 Å². The minimum absolute atomic E-state index is 0.00562. The number of hydrogen-bond donors (Lipinski definition) is 0. The van der Waals surface area contributed by atoms with E-state index >= 15 is 0 Å². The van der Waals surface area contributed by atoms with Gasteiger partial charge in [0.2, 0.25) is 5.76 Å². The molecule has 1 heterocycles. The summed E-state index contributed by atoms with van der Waals surface area (Å²) in [5, 5.41) is 0. The summed E-state index contributed by atoms with van der Waals surface area (Å²) < 4.78 is 47.4. The molecule has 0 atom stereocenters. The van der Waals surface area contributed by atoms with Crippen molar-refractivity contribution in [3.8, 4) is 0 Å². The molecule has 0 N–H and O–H groups in total. The van der Waals surface area contributed by atoms with Crippen molar-refractivity contribution in [1.29, 1.82) is 0 Å². The lowest BCUT2D eigenvalue weighted by Gasteiger charge is -2.11. The molecule has 1 aliphatic carbocycles. The number of alkyl halides is 3. The number of hydrogen-bond acceptors (Lipinski definition) is 4. The molecule has 0 radical (unpaired) electrons. The maximum absolute atomic E-state index is 12.7. The van der Waals surface area contributed by atoms with Crippen molar-refractivity contribution in [2.45, 2.75) is 45.2 Å². The van der Waals surface area contributed by atoms with Gasteiger partial charge in [-0.25, -0.2) is 9.78 Å². The van der Waals surface area contributed by atoms with Gasteiger partial charge in [-0.3, -0.25) is 0 Å². The van der Waals surface area contributed by atoms with Gasteiger partial charge in [0.15, 0.2) is 0 Å². The minimum atomic E-state index is -4.72. The fraction of sp³-hybridized carbons (Fsp3) is 0.571. The smallest absolute Gasteiger partial charge is 0.460 e.